The molecule has 202 valence electrons. The number of carbonyl (C=O) groups excluding carboxylic acids is 1. The van der Waals surface area contributed by atoms with Gasteiger partial charge in [-0.3, -0.25) is 4.79 Å². The first-order chi connectivity index (χ1) is 17.7. The smallest absolute Gasteiger partial charge is 0.309 e. The monoisotopic (exact) mass is 520 g/mol. The number of esters is 1. The first-order valence-corrected chi connectivity index (χ1v) is 11.9. The topological polar surface area (TPSA) is 164 Å². The van der Waals surface area contributed by atoms with Crippen LogP contribution in [0.4, 0.5) is 0 Å². The largest absolute Gasteiger partial charge is 0.504 e. The highest BCUT2D eigenvalue weighted by Gasteiger charge is 2.45. The lowest BCUT2D eigenvalue weighted by molar-refractivity contribution is -0.277. The zero-order valence-corrected chi connectivity index (χ0v) is 20.5. The average Bonchev–Trinajstić information content (AvgIpc) is 3.24. The Bertz CT molecular complexity index is 1090. The van der Waals surface area contributed by atoms with Gasteiger partial charge < -0.3 is 49.2 Å². The van der Waals surface area contributed by atoms with Crippen LogP contribution < -0.4 is 14.2 Å². The van der Waals surface area contributed by atoms with Crippen molar-refractivity contribution in [2.24, 2.45) is 11.8 Å². The molecule has 2 aliphatic heterocycles. The standard InChI is InChI=1S/C26H32O11/c1-33-19-9-14(3-5-17(19)28)8-16-15(12-35-25(16)32)7-13-4-6-18(20(10-13)34-2)36-26-24(31)23(30)22(29)21(11-27)37-26/h3-6,9-10,15-16,21-24,26-31H,7-8,11-12H2,1-2H3/t15-,16+,21+,22+,23-,24+,26+/m1/s1. The molecule has 11 nitrogen and oxygen atoms in total. The van der Waals surface area contributed by atoms with Crippen LogP contribution in [0, 0.1) is 11.8 Å². The lowest BCUT2D eigenvalue weighted by Gasteiger charge is -2.39. The first-order valence-electron chi connectivity index (χ1n) is 11.9. The number of phenols is 1. The summed E-state index contributed by atoms with van der Waals surface area (Å²) in [4.78, 5) is 12.5. The SMILES string of the molecule is COc1cc(C[C@@H]2C(=O)OC[C@H]2Cc2ccc(O[C@H]3O[C@@H](CO)[C@H](O)[C@@H](O)[C@@H]3O)c(OC)c2)ccc1O. The van der Waals surface area contributed by atoms with E-state index in [-0.39, 0.29) is 35.9 Å². The third kappa shape index (κ3) is 5.76. The van der Waals surface area contributed by atoms with Gasteiger partial charge >= 0.3 is 5.97 Å². The zero-order chi connectivity index (χ0) is 26.7. The molecular weight excluding hydrogens is 488 g/mol. The number of rotatable bonds is 9. The van der Waals surface area contributed by atoms with Crippen LogP contribution in [0.5, 0.6) is 23.0 Å². The summed E-state index contributed by atoms with van der Waals surface area (Å²) in [6.07, 6.45) is -6.11. The van der Waals surface area contributed by atoms with Crippen molar-refractivity contribution in [2.45, 2.75) is 43.5 Å². The second kappa shape index (κ2) is 11.5. The van der Waals surface area contributed by atoms with Gasteiger partial charge in [-0.1, -0.05) is 12.1 Å². The predicted octanol–water partition coefficient (Wildman–Crippen LogP) is 0.163. The molecule has 0 aliphatic carbocycles. The van der Waals surface area contributed by atoms with Gasteiger partial charge in [-0.25, -0.2) is 0 Å². The van der Waals surface area contributed by atoms with E-state index in [9.17, 15) is 30.3 Å². The Hall–Kier alpha value is -3.09. The van der Waals surface area contributed by atoms with Crippen molar-refractivity contribution >= 4 is 5.97 Å². The average molecular weight is 521 g/mol. The Morgan fingerprint density at radius 3 is 2.27 bits per heavy atom. The van der Waals surface area contributed by atoms with Crippen LogP contribution in [0.2, 0.25) is 0 Å². The number of aliphatic hydroxyl groups excluding tert-OH is 4. The molecule has 0 radical (unpaired) electrons. The fraction of sp³-hybridized carbons (Fsp3) is 0.500. The molecule has 2 aliphatic rings. The second-order valence-electron chi connectivity index (χ2n) is 9.21. The Morgan fingerprint density at radius 1 is 0.892 bits per heavy atom. The third-order valence-electron chi connectivity index (χ3n) is 6.83. The van der Waals surface area contributed by atoms with E-state index in [0.29, 0.717) is 24.3 Å². The third-order valence-corrected chi connectivity index (χ3v) is 6.83. The van der Waals surface area contributed by atoms with Crippen molar-refractivity contribution in [2.75, 3.05) is 27.4 Å². The van der Waals surface area contributed by atoms with Crippen molar-refractivity contribution in [3.63, 3.8) is 0 Å². The fourth-order valence-corrected chi connectivity index (χ4v) is 4.69. The summed E-state index contributed by atoms with van der Waals surface area (Å²) in [6.45, 7) is -0.300. The van der Waals surface area contributed by atoms with Gasteiger partial charge in [-0.05, 0) is 48.2 Å². The molecule has 2 saturated heterocycles. The van der Waals surface area contributed by atoms with Crippen molar-refractivity contribution < 1.29 is 54.0 Å². The van der Waals surface area contributed by atoms with Crippen LogP contribution in [0.1, 0.15) is 11.1 Å². The number of hydrogen-bond acceptors (Lipinski definition) is 11. The molecule has 0 unspecified atom stereocenters. The van der Waals surface area contributed by atoms with Crippen molar-refractivity contribution in [1.82, 2.24) is 0 Å². The number of ether oxygens (including phenoxy) is 5. The molecule has 2 aromatic carbocycles. The molecule has 0 amide bonds. The molecule has 2 heterocycles. The number of phenolic OH excluding ortho intramolecular Hbond substituents is 1. The summed E-state index contributed by atoms with van der Waals surface area (Å²) in [5, 5.41) is 49.5. The maximum Gasteiger partial charge on any atom is 0.309 e. The van der Waals surface area contributed by atoms with Gasteiger partial charge in [0.05, 0.1) is 33.4 Å². The van der Waals surface area contributed by atoms with E-state index in [1.54, 1.807) is 30.3 Å². The molecule has 2 fully saturated rings. The van der Waals surface area contributed by atoms with Gasteiger partial charge in [-0.15, -0.1) is 0 Å². The number of cyclic esters (lactones) is 1. The summed E-state index contributed by atoms with van der Waals surface area (Å²) in [5.41, 5.74) is 1.69. The molecular formula is C26H32O11. The molecule has 5 N–H and O–H groups in total. The van der Waals surface area contributed by atoms with E-state index in [0.717, 1.165) is 11.1 Å². The highest BCUT2D eigenvalue weighted by Crippen LogP contribution is 2.36. The molecule has 0 saturated carbocycles. The van der Waals surface area contributed by atoms with Crippen molar-refractivity contribution in [3.05, 3.63) is 47.5 Å². The van der Waals surface area contributed by atoms with E-state index in [4.69, 9.17) is 23.7 Å². The van der Waals surface area contributed by atoms with Crippen molar-refractivity contribution in [1.29, 1.82) is 0 Å². The number of hydrogen-bond donors (Lipinski definition) is 5. The maximum absolute atomic E-state index is 12.5. The number of aliphatic hydroxyl groups is 4. The minimum Gasteiger partial charge on any atom is -0.504 e. The second-order valence-corrected chi connectivity index (χ2v) is 9.21. The number of methoxy groups -OCH3 is 2. The maximum atomic E-state index is 12.5. The molecule has 7 atom stereocenters. The summed E-state index contributed by atoms with van der Waals surface area (Å²) in [5.74, 6) is 0.141. The minimum absolute atomic E-state index is 0.0231. The quantitative estimate of drug-likeness (QED) is 0.286. The Labute approximate surface area is 213 Å². The lowest BCUT2D eigenvalue weighted by Crippen LogP contribution is -2.60. The zero-order valence-electron chi connectivity index (χ0n) is 20.5. The molecule has 4 rings (SSSR count). The van der Waals surface area contributed by atoms with Crippen LogP contribution >= 0.6 is 0 Å². The Morgan fingerprint density at radius 2 is 1.57 bits per heavy atom. The molecule has 0 spiro atoms. The van der Waals surface area contributed by atoms with Gasteiger partial charge in [0.1, 0.15) is 24.4 Å². The number of aromatic hydroxyl groups is 1. The van der Waals surface area contributed by atoms with Crippen LogP contribution in [-0.4, -0.2) is 89.6 Å². The predicted molar refractivity (Wildman–Crippen MR) is 127 cm³/mol. The minimum atomic E-state index is -1.56. The molecule has 11 heteroatoms. The van der Waals surface area contributed by atoms with E-state index in [1.165, 1.54) is 20.3 Å². The van der Waals surface area contributed by atoms with Gasteiger partial charge in [0.15, 0.2) is 23.0 Å². The molecule has 0 bridgehead atoms. The lowest BCUT2D eigenvalue weighted by atomic mass is 9.85. The van der Waals surface area contributed by atoms with Crippen LogP contribution in [-0.2, 0) is 27.1 Å². The summed E-state index contributed by atoms with van der Waals surface area (Å²) in [7, 11) is 2.91. The van der Waals surface area contributed by atoms with Crippen molar-refractivity contribution in [3.8, 4) is 23.0 Å². The van der Waals surface area contributed by atoms with Gasteiger partial charge in [0, 0.05) is 5.92 Å². The Kier molecular flexibility index (Phi) is 8.40. The highest BCUT2D eigenvalue weighted by molar-refractivity contribution is 5.75. The summed E-state index contributed by atoms with van der Waals surface area (Å²) in [6, 6.07) is 10.1. The van der Waals surface area contributed by atoms with E-state index in [1.807, 2.05) is 0 Å². The summed E-state index contributed by atoms with van der Waals surface area (Å²) >= 11 is 0. The van der Waals surface area contributed by atoms with Crippen LogP contribution in [0.3, 0.4) is 0 Å². The van der Waals surface area contributed by atoms with E-state index >= 15 is 0 Å². The first kappa shape index (κ1) is 27.0. The van der Waals surface area contributed by atoms with E-state index in [2.05, 4.69) is 0 Å². The fourth-order valence-electron chi connectivity index (χ4n) is 4.69. The number of carbonyl (C=O) groups is 1. The Balaban J connectivity index is 1.47. The van der Waals surface area contributed by atoms with Crippen LogP contribution in [0.15, 0.2) is 36.4 Å². The van der Waals surface area contributed by atoms with Gasteiger partial charge in [0.25, 0.3) is 0 Å². The normalized spacial score (nSPS) is 29.6. The summed E-state index contributed by atoms with van der Waals surface area (Å²) < 4.78 is 27.1. The molecule has 37 heavy (non-hydrogen) atoms. The molecule has 2 aromatic rings. The van der Waals surface area contributed by atoms with Gasteiger partial charge in [0.2, 0.25) is 6.29 Å². The van der Waals surface area contributed by atoms with Gasteiger partial charge in [-0.2, -0.15) is 0 Å². The number of benzene rings is 2. The molecule has 0 aromatic heterocycles. The van der Waals surface area contributed by atoms with Crippen LogP contribution in [0.25, 0.3) is 0 Å². The van der Waals surface area contributed by atoms with E-state index < -0.39 is 37.3 Å². The highest BCUT2D eigenvalue weighted by atomic mass is 16.7.